The second-order valence-corrected chi connectivity index (χ2v) is 21.2. The summed E-state index contributed by atoms with van der Waals surface area (Å²) in [6, 6.07) is -0.609. The van der Waals surface area contributed by atoms with Gasteiger partial charge < -0.3 is 63.8 Å². The molecule has 0 aliphatic carbocycles. The summed E-state index contributed by atoms with van der Waals surface area (Å²) in [7, 11) is 5.32. The van der Waals surface area contributed by atoms with Crippen LogP contribution in [-0.2, 0) is 42.7 Å². The van der Waals surface area contributed by atoms with Gasteiger partial charge in [-0.1, -0.05) is 53.4 Å². The monoisotopic (exact) mass is 930 g/mol. The van der Waals surface area contributed by atoms with Gasteiger partial charge in [0, 0.05) is 57.6 Å². The van der Waals surface area contributed by atoms with E-state index < -0.39 is 89.9 Å². The summed E-state index contributed by atoms with van der Waals surface area (Å²) in [6.45, 7) is 21.9. The van der Waals surface area contributed by atoms with Crippen molar-refractivity contribution in [1.82, 2.24) is 15.1 Å². The van der Waals surface area contributed by atoms with E-state index in [-0.39, 0.29) is 55.4 Å². The van der Waals surface area contributed by atoms with Crippen LogP contribution in [0.15, 0.2) is 0 Å². The van der Waals surface area contributed by atoms with E-state index in [2.05, 4.69) is 24.1 Å². The first kappa shape index (κ1) is 56.1. The molecular weight excluding hydrogens is 839 g/mol. The summed E-state index contributed by atoms with van der Waals surface area (Å²) in [6.07, 6.45) is -1.67. The largest absolute Gasteiger partial charge is 0.459 e. The highest BCUT2D eigenvalue weighted by molar-refractivity contribution is 5.75. The van der Waals surface area contributed by atoms with Crippen LogP contribution in [0, 0.1) is 17.8 Å². The van der Waals surface area contributed by atoms with Crippen LogP contribution in [0.1, 0.15) is 147 Å². The van der Waals surface area contributed by atoms with E-state index in [1.165, 1.54) is 13.5 Å². The molecule has 0 spiro atoms. The second kappa shape index (κ2) is 24.3. The summed E-state index contributed by atoms with van der Waals surface area (Å²) in [5.41, 5.74) is -4.25. The number of ether oxygens (including phenoxy) is 7. The molecule has 20 atom stereocenters. The molecule has 5 N–H and O–H groups in total. The molecule has 4 aliphatic heterocycles. The number of aliphatic hydroxyl groups is 4. The third-order valence-electron chi connectivity index (χ3n) is 15.1. The Balaban J connectivity index is 1.74. The lowest BCUT2D eigenvalue weighted by atomic mass is 9.77. The van der Waals surface area contributed by atoms with Gasteiger partial charge in [0.1, 0.15) is 30.0 Å². The van der Waals surface area contributed by atoms with Crippen molar-refractivity contribution in [2.24, 2.45) is 17.8 Å². The lowest BCUT2D eigenvalue weighted by molar-refractivity contribution is -0.318. The highest BCUT2D eigenvalue weighted by Crippen LogP contribution is 2.41. The van der Waals surface area contributed by atoms with Crippen LogP contribution in [-0.4, -0.2) is 179 Å². The first-order chi connectivity index (χ1) is 30.4. The molecule has 380 valence electrons. The van der Waals surface area contributed by atoms with E-state index in [9.17, 15) is 30.0 Å². The van der Waals surface area contributed by atoms with Crippen molar-refractivity contribution < 1.29 is 63.2 Å². The number of esters is 1. The van der Waals surface area contributed by atoms with Gasteiger partial charge in [0.25, 0.3) is 0 Å². The number of unbranched alkanes of at least 4 members (excludes halogenated alkanes) is 4. The summed E-state index contributed by atoms with van der Waals surface area (Å²) >= 11 is 0. The average Bonchev–Trinajstić information content (AvgIpc) is 3.23. The Hall–Kier alpha value is -1.54. The maximum absolute atomic E-state index is 14.7. The smallest absolute Gasteiger partial charge is 0.311 e. The minimum absolute atomic E-state index is 0.0144. The number of amides is 1. The zero-order chi connectivity index (χ0) is 48.6. The first-order valence-electron chi connectivity index (χ1n) is 24.9. The van der Waals surface area contributed by atoms with Gasteiger partial charge in [0.05, 0.1) is 47.6 Å². The van der Waals surface area contributed by atoms with Gasteiger partial charge in [0.2, 0.25) is 5.91 Å². The van der Waals surface area contributed by atoms with Crippen LogP contribution < -0.4 is 5.32 Å². The third-order valence-corrected chi connectivity index (χ3v) is 15.1. The molecule has 1 unspecified atom stereocenters. The zero-order valence-corrected chi connectivity index (χ0v) is 42.5. The fourth-order valence-corrected chi connectivity index (χ4v) is 11.1. The number of likely N-dealkylation sites (N-methyl/N-ethyl adjacent to an activating group) is 1. The van der Waals surface area contributed by atoms with Gasteiger partial charge in [-0.2, -0.15) is 0 Å². The minimum atomic E-state index is -1.64. The molecule has 4 saturated heterocycles. The summed E-state index contributed by atoms with van der Waals surface area (Å²) in [5, 5.41) is 51.4. The van der Waals surface area contributed by atoms with Crippen molar-refractivity contribution in [3.8, 4) is 0 Å². The molecule has 1 amide bonds. The number of hydrogen-bond donors (Lipinski definition) is 5. The van der Waals surface area contributed by atoms with Crippen LogP contribution in [0.2, 0.25) is 0 Å². The number of carbonyl (C=O) groups is 2. The van der Waals surface area contributed by atoms with Crippen LogP contribution >= 0.6 is 0 Å². The molecular formula is C49H91N3O13. The number of rotatable bonds is 16. The number of aliphatic hydroxyl groups excluding tert-OH is 2. The Morgan fingerprint density at radius 1 is 0.923 bits per heavy atom. The molecule has 4 heterocycles. The van der Waals surface area contributed by atoms with Crippen molar-refractivity contribution in [2.45, 2.75) is 243 Å². The lowest BCUT2D eigenvalue weighted by Gasteiger charge is -2.50. The van der Waals surface area contributed by atoms with Crippen molar-refractivity contribution in [1.29, 1.82) is 0 Å². The predicted molar refractivity (Wildman–Crippen MR) is 247 cm³/mol. The SMILES string of the molecule is CCCCCCCC(=O)NCC[C@@H]1CN2C[C@H](C)C[C@@](C)(O)[C@H](O[C@@H]3O[C@H](C)C[C@H](N(C)C)[C@H]3O)[C@@H](C)[C@H](O[C@H]3C[C@@](C)(OC)[C@@H](O)[C@H](C)O3)[C@@H](C)C(=O)O[C@H](CC)[C@@](C)(O)[C@H](O1)[C@H]2C. The molecule has 16 heteroatoms. The Bertz CT molecular complexity index is 1470. The molecule has 0 saturated carbocycles. The van der Waals surface area contributed by atoms with Crippen LogP contribution in [0.3, 0.4) is 0 Å². The number of morpholine rings is 1. The van der Waals surface area contributed by atoms with Crippen molar-refractivity contribution in [2.75, 3.05) is 40.8 Å². The number of fused-ring (bicyclic) bond motifs is 2. The van der Waals surface area contributed by atoms with Crippen LogP contribution in [0.25, 0.3) is 0 Å². The number of hydrogen-bond acceptors (Lipinski definition) is 15. The molecule has 4 fully saturated rings. The number of nitrogens with zero attached hydrogens (tertiary/aromatic N) is 2. The zero-order valence-electron chi connectivity index (χ0n) is 42.5. The molecule has 2 bridgehead atoms. The summed E-state index contributed by atoms with van der Waals surface area (Å²) < 4.78 is 45.2. The van der Waals surface area contributed by atoms with E-state index in [1.807, 2.05) is 46.7 Å². The maximum Gasteiger partial charge on any atom is 0.311 e. The van der Waals surface area contributed by atoms with E-state index in [0.29, 0.717) is 38.9 Å². The van der Waals surface area contributed by atoms with Crippen molar-refractivity contribution in [3.63, 3.8) is 0 Å². The van der Waals surface area contributed by atoms with E-state index in [4.69, 9.17) is 33.2 Å². The van der Waals surface area contributed by atoms with Gasteiger partial charge in [0.15, 0.2) is 12.6 Å². The molecule has 4 rings (SSSR count). The molecule has 0 aromatic rings. The highest BCUT2D eigenvalue weighted by Gasteiger charge is 2.54. The third kappa shape index (κ3) is 14.3. The fraction of sp³-hybridized carbons (Fsp3) is 0.959. The number of carbonyl (C=O) groups excluding carboxylic acids is 2. The summed E-state index contributed by atoms with van der Waals surface area (Å²) in [5.74, 6) is -2.53. The normalized spacial score (nSPS) is 44.8. The Morgan fingerprint density at radius 3 is 2.23 bits per heavy atom. The fourth-order valence-electron chi connectivity index (χ4n) is 11.1. The molecule has 4 aliphatic rings. The minimum Gasteiger partial charge on any atom is -0.459 e. The average molecular weight is 930 g/mol. The van der Waals surface area contributed by atoms with Crippen LogP contribution in [0.5, 0.6) is 0 Å². The Morgan fingerprint density at radius 2 is 1.60 bits per heavy atom. The number of methoxy groups -OCH3 is 1. The highest BCUT2D eigenvalue weighted by atomic mass is 16.7. The Kier molecular flexibility index (Phi) is 21.0. The van der Waals surface area contributed by atoms with Crippen LogP contribution in [0.4, 0.5) is 0 Å². The first-order valence-corrected chi connectivity index (χ1v) is 24.9. The van der Waals surface area contributed by atoms with E-state index in [0.717, 1.165) is 25.7 Å². The van der Waals surface area contributed by atoms with E-state index in [1.54, 1.807) is 34.6 Å². The number of cyclic esters (lactones) is 1. The molecule has 0 aromatic carbocycles. The van der Waals surface area contributed by atoms with Gasteiger partial charge in [-0.05, 0) is 101 Å². The molecule has 0 radical (unpaired) electrons. The Labute approximate surface area is 391 Å². The lowest BCUT2D eigenvalue weighted by Crippen LogP contribution is -2.65. The standard InChI is InChI=1S/C49H91N3O13/c1-15-17-18-19-20-21-38(53)50-23-22-35-28-52-27-29(3)25-47(9,57)43(65-46-40(54)36(51(12)13)24-30(4)60-46)31(5)41(64-39-26-48(10,59-14)42(55)34(8)61-39)32(6)45(56)63-37(16-2)49(11,58)44(62-35)33(52)7/h29-37,39-44,46,54-55,57-58H,15-28H2,1-14H3,(H,50,53)/t29-,30-,31+,32-,33-,34+,35-,36+,37-,39+,40-,41+,42+,43-,44-,46+,47-,48-,49-/m1/s1. The van der Waals surface area contributed by atoms with Gasteiger partial charge in [-0.25, -0.2) is 0 Å². The molecule has 0 aromatic heterocycles. The van der Waals surface area contributed by atoms with Crippen molar-refractivity contribution in [3.05, 3.63) is 0 Å². The second-order valence-electron chi connectivity index (χ2n) is 21.2. The van der Waals surface area contributed by atoms with Crippen molar-refractivity contribution >= 4 is 11.9 Å². The molecule has 16 nitrogen and oxygen atoms in total. The quantitative estimate of drug-likeness (QED) is 0.107. The van der Waals surface area contributed by atoms with Gasteiger partial charge in [-0.3, -0.25) is 14.5 Å². The predicted octanol–water partition coefficient (Wildman–Crippen LogP) is 4.54. The maximum atomic E-state index is 14.7. The van der Waals surface area contributed by atoms with E-state index >= 15 is 0 Å². The number of nitrogens with one attached hydrogen (secondary N) is 1. The van der Waals surface area contributed by atoms with Gasteiger partial charge >= 0.3 is 5.97 Å². The topological polar surface area (TPSA) is 198 Å². The summed E-state index contributed by atoms with van der Waals surface area (Å²) in [4.78, 5) is 31.7. The van der Waals surface area contributed by atoms with Gasteiger partial charge in [-0.15, -0.1) is 0 Å². The molecule has 65 heavy (non-hydrogen) atoms.